The van der Waals surface area contributed by atoms with Crippen LogP contribution in [-0.4, -0.2) is 52.2 Å². The third-order valence-electron chi connectivity index (χ3n) is 5.80. The Bertz CT molecular complexity index is 760. The normalized spacial score (nSPS) is 21.3. The second-order valence-corrected chi connectivity index (χ2v) is 7.99. The maximum atomic E-state index is 10.0. The molecule has 0 radical (unpaired) electrons. The molecule has 6 heteroatoms. The van der Waals surface area contributed by atoms with Crippen molar-refractivity contribution in [3.8, 4) is 5.75 Å². The fourth-order valence-electron chi connectivity index (χ4n) is 4.28. The lowest BCUT2D eigenvalue weighted by Gasteiger charge is -2.33. The van der Waals surface area contributed by atoms with Gasteiger partial charge in [-0.05, 0) is 44.4 Å². The van der Waals surface area contributed by atoms with Gasteiger partial charge in [-0.2, -0.15) is 4.98 Å². The highest BCUT2D eigenvalue weighted by molar-refractivity contribution is 5.43. The number of benzene rings is 1. The number of piperidine rings is 1. The topological polar surface area (TPSA) is 64.5 Å². The zero-order valence-corrected chi connectivity index (χ0v) is 16.6. The van der Waals surface area contributed by atoms with Crippen molar-refractivity contribution in [2.75, 3.05) is 36.4 Å². The molecule has 1 unspecified atom stereocenters. The molecule has 2 saturated heterocycles. The number of likely N-dealkylation sites (tertiary alicyclic amines) is 1. The molecule has 2 aromatic rings. The van der Waals surface area contributed by atoms with Crippen LogP contribution in [0.2, 0.25) is 0 Å². The van der Waals surface area contributed by atoms with Gasteiger partial charge in [0, 0.05) is 44.0 Å². The Balaban J connectivity index is 1.37. The molecule has 0 spiro atoms. The number of hydrogen-bond acceptors (Lipinski definition) is 6. The summed E-state index contributed by atoms with van der Waals surface area (Å²) in [5, 5.41) is 13.6. The summed E-state index contributed by atoms with van der Waals surface area (Å²) in [5.74, 6) is 2.16. The van der Waals surface area contributed by atoms with Crippen LogP contribution >= 0.6 is 0 Å². The smallest absolute Gasteiger partial charge is 0.224 e. The molecule has 4 rings (SSSR count). The maximum absolute atomic E-state index is 10.0. The molecule has 1 aromatic carbocycles. The first-order chi connectivity index (χ1) is 13.8. The van der Waals surface area contributed by atoms with Gasteiger partial charge in [0.1, 0.15) is 11.6 Å². The van der Waals surface area contributed by atoms with Crippen molar-refractivity contribution in [2.24, 2.45) is 0 Å². The van der Waals surface area contributed by atoms with E-state index in [1.165, 1.54) is 25.7 Å². The standard InChI is InChI=1S/C22H31N5O/c28-20-10-4-3-8-18(20)16-26-13-7-9-19(17-26)24-22-23-12-11-21(25-22)27-14-5-1-2-6-15-27/h3-4,8,10-12,19,28H,1-2,5-7,9,13-17H2,(H,23,24,25). The average Bonchev–Trinajstić information content (AvgIpc) is 3.00. The summed E-state index contributed by atoms with van der Waals surface area (Å²) >= 11 is 0. The van der Waals surface area contributed by atoms with Crippen LogP contribution in [0.3, 0.4) is 0 Å². The zero-order valence-electron chi connectivity index (χ0n) is 16.6. The molecule has 1 atom stereocenters. The van der Waals surface area contributed by atoms with Gasteiger partial charge in [-0.15, -0.1) is 0 Å². The Morgan fingerprint density at radius 2 is 1.82 bits per heavy atom. The van der Waals surface area contributed by atoms with Crippen molar-refractivity contribution in [3.05, 3.63) is 42.1 Å². The molecule has 0 bridgehead atoms. The first-order valence-electron chi connectivity index (χ1n) is 10.6. The van der Waals surface area contributed by atoms with Crippen molar-refractivity contribution < 1.29 is 5.11 Å². The van der Waals surface area contributed by atoms with E-state index in [0.717, 1.165) is 62.9 Å². The van der Waals surface area contributed by atoms with E-state index in [1.807, 2.05) is 30.5 Å². The zero-order chi connectivity index (χ0) is 19.2. The number of aromatic nitrogens is 2. The van der Waals surface area contributed by atoms with Gasteiger partial charge in [0.25, 0.3) is 0 Å². The van der Waals surface area contributed by atoms with Crippen molar-refractivity contribution in [2.45, 2.75) is 51.1 Å². The number of phenolic OH excluding ortho intramolecular Hbond substituents is 1. The van der Waals surface area contributed by atoms with E-state index < -0.39 is 0 Å². The second kappa shape index (κ2) is 9.24. The van der Waals surface area contributed by atoms with Gasteiger partial charge >= 0.3 is 0 Å². The van der Waals surface area contributed by atoms with Crippen molar-refractivity contribution in [3.63, 3.8) is 0 Å². The Kier molecular flexibility index (Phi) is 6.27. The lowest BCUT2D eigenvalue weighted by atomic mass is 10.0. The molecule has 2 fully saturated rings. The highest BCUT2D eigenvalue weighted by atomic mass is 16.3. The fourth-order valence-corrected chi connectivity index (χ4v) is 4.28. The van der Waals surface area contributed by atoms with Crippen molar-refractivity contribution in [1.29, 1.82) is 0 Å². The number of hydrogen-bond donors (Lipinski definition) is 2. The minimum atomic E-state index is 0.332. The first kappa shape index (κ1) is 19.0. The van der Waals surface area contributed by atoms with Crippen LogP contribution in [-0.2, 0) is 6.54 Å². The fraction of sp³-hybridized carbons (Fsp3) is 0.545. The van der Waals surface area contributed by atoms with Crippen molar-refractivity contribution in [1.82, 2.24) is 14.9 Å². The molecule has 6 nitrogen and oxygen atoms in total. The molecule has 2 aliphatic heterocycles. The van der Waals surface area contributed by atoms with Gasteiger partial charge in [0.2, 0.25) is 5.95 Å². The second-order valence-electron chi connectivity index (χ2n) is 7.99. The molecular weight excluding hydrogens is 350 g/mol. The van der Waals surface area contributed by atoms with Crippen LogP contribution in [0.5, 0.6) is 5.75 Å². The van der Waals surface area contributed by atoms with Gasteiger partial charge in [0.05, 0.1) is 0 Å². The van der Waals surface area contributed by atoms with Gasteiger partial charge < -0.3 is 15.3 Å². The predicted octanol–water partition coefficient (Wildman–Crippen LogP) is 3.64. The molecule has 150 valence electrons. The van der Waals surface area contributed by atoms with E-state index in [2.05, 4.69) is 20.1 Å². The summed E-state index contributed by atoms with van der Waals surface area (Å²) in [5.41, 5.74) is 0.988. The number of phenols is 1. The molecule has 28 heavy (non-hydrogen) atoms. The average molecular weight is 382 g/mol. The Morgan fingerprint density at radius 1 is 1.00 bits per heavy atom. The first-order valence-corrected chi connectivity index (χ1v) is 10.6. The largest absolute Gasteiger partial charge is 0.508 e. The lowest BCUT2D eigenvalue weighted by molar-refractivity contribution is 0.206. The number of rotatable bonds is 5. The third-order valence-corrected chi connectivity index (χ3v) is 5.80. The summed E-state index contributed by atoms with van der Waals surface area (Å²) in [6.45, 7) is 4.95. The summed E-state index contributed by atoms with van der Waals surface area (Å²) in [7, 11) is 0. The molecule has 3 heterocycles. The van der Waals surface area contributed by atoms with Gasteiger partial charge in [-0.1, -0.05) is 31.0 Å². The van der Waals surface area contributed by atoms with E-state index in [4.69, 9.17) is 4.98 Å². The van der Waals surface area contributed by atoms with E-state index in [0.29, 0.717) is 11.8 Å². The molecule has 0 aliphatic carbocycles. The molecule has 0 saturated carbocycles. The Hall–Kier alpha value is -2.34. The minimum Gasteiger partial charge on any atom is -0.508 e. The number of aromatic hydroxyl groups is 1. The summed E-state index contributed by atoms with van der Waals surface area (Å²) in [6.07, 6.45) is 9.26. The van der Waals surface area contributed by atoms with E-state index in [-0.39, 0.29) is 0 Å². The number of para-hydroxylation sites is 1. The SMILES string of the molecule is Oc1ccccc1CN1CCCC(Nc2nccc(N3CCCCCC3)n2)C1. The number of nitrogens with one attached hydrogen (secondary N) is 1. The van der Waals surface area contributed by atoms with E-state index in [1.54, 1.807) is 6.07 Å². The highest BCUT2D eigenvalue weighted by Crippen LogP contribution is 2.22. The van der Waals surface area contributed by atoms with Gasteiger partial charge in [-0.3, -0.25) is 4.90 Å². The van der Waals surface area contributed by atoms with Crippen LogP contribution in [0.1, 0.15) is 44.1 Å². The molecular formula is C22H31N5O. The van der Waals surface area contributed by atoms with Gasteiger partial charge in [-0.25, -0.2) is 4.98 Å². The third kappa shape index (κ3) is 4.93. The van der Waals surface area contributed by atoms with Crippen LogP contribution in [0.15, 0.2) is 36.5 Å². The molecule has 1 aromatic heterocycles. The summed E-state index contributed by atoms with van der Waals surface area (Å²) in [4.78, 5) is 14.1. The molecule has 2 aliphatic rings. The predicted molar refractivity (Wildman–Crippen MR) is 113 cm³/mol. The number of anilines is 2. The van der Waals surface area contributed by atoms with Crippen LogP contribution in [0.25, 0.3) is 0 Å². The van der Waals surface area contributed by atoms with Gasteiger partial charge in [0.15, 0.2) is 0 Å². The summed E-state index contributed by atoms with van der Waals surface area (Å²) in [6, 6.07) is 9.98. The van der Waals surface area contributed by atoms with Crippen LogP contribution in [0.4, 0.5) is 11.8 Å². The Labute approximate surface area is 167 Å². The molecule has 2 N–H and O–H groups in total. The highest BCUT2D eigenvalue weighted by Gasteiger charge is 2.21. The number of nitrogens with zero attached hydrogens (tertiary/aromatic N) is 4. The molecule has 0 amide bonds. The monoisotopic (exact) mass is 381 g/mol. The Morgan fingerprint density at radius 3 is 2.64 bits per heavy atom. The van der Waals surface area contributed by atoms with E-state index in [9.17, 15) is 5.11 Å². The maximum Gasteiger partial charge on any atom is 0.224 e. The van der Waals surface area contributed by atoms with Crippen LogP contribution in [0, 0.1) is 0 Å². The minimum absolute atomic E-state index is 0.332. The lowest BCUT2D eigenvalue weighted by Crippen LogP contribution is -2.42. The summed E-state index contributed by atoms with van der Waals surface area (Å²) < 4.78 is 0. The van der Waals surface area contributed by atoms with Crippen LogP contribution < -0.4 is 10.2 Å². The van der Waals surface area contributed by atoms with E-state index >= 15 is 0 Å². The van der Waals surface area contributed by atoms with Crippen molar-refractivity contribution >= 4 is 11.8 Å². The quantitative estimate of drug-likeness (QED) is 0.824.